The predicted molar refractivity (Wildman–Crippen MR) is 70.6 cm³/mol. The Kier molecular flexibility index (Phi) is 5.79. The molecule has 0 radical (unpaired) electrons. The minimum Gasteiger partial charge on any atom is -0.330 e. The number of rotatable bonds is 6. The zero-order valence-corrected chi connectivity index (χ0v) is 11.1. The molecule has 0 aliphatic heterocycles. The van der Waals surface area contributed by atoms with Crippen LogP contribution in [0.3, 0.4) is 0 Å². The lowest BCUT2D eigenvalue weighted by Gasteiger charge is -2.04. The number of hydrogen-bond donors (Lipinski definition) is 1. The normalized spacial score (nSPS) is 10.4. The molecule has 0 aromatic heterocycles. The first-order chi connectivity index (χ1) is 7.66. The molecule has 1 rings (SSSR count). The van der Waals surface area contributed by atoms with Crippen LogP contribution in [0.25, 0.3) is 0 Å². The molecule has 88 valence electrons. The Bertz CT molecular complexity index is 374. The Hall–Kier alpha value is -0.590. The van der Waals surface area contributed by atoms with Crippen molar-refractivity contribution in [3.8, 4) is 0 Å². The maximum absolute atomic E-state index is 10.7. The number of thioether (sulfide) groups is 1. The van der Waals surface area contributed by atoms with Crippen LogP contribution in [-0.2, 0) is 5.75 Å². The van der Waals surface area contributed by atoms with Gasteiger partial charge in [0.05, 0.1) is 9.40 Å². The minimum atomic E-state index is -0.377. The molecule has 0 amide bonds. The van der Waals surface area contributed by atoms with Gasteiger partial charge in [-0.2, -0.15) is 11.8 Å². The molecule has 0 fully saturated rings. The van der Waals surface area contributed by atoms with E-state index in [9.17, 15) is 10.1 Å². The van der Waals surface area contributed by atoms with E-state index >= 15 is 0 Å². The average Bonchev–Trinajstić information content (AvgIpc) is 2.26. The second-order valence-corrected chi connectivity index (χ2v) is 5.10. The first-order valence-corrected chi connectivity index (χ1v) is 6.81. The van der Waals surface area contributed by atoms with Gasteiger partial charge in [-0.25, -0.2) is 0 Å². The van der Waals surface area contributed by atoms with Gasteiger partial charge in [0.15, 0.2) is 0 Å². The van der Waals surface area contributed by atoms with Gasteiger partial charge >= 0.3 is 0 Å². The Morgan fingerprint density at radius 1 is 1.50 bits per heavy atom. The average molecular weight is 305 g/mol. The van der Waals surface area contributed by atoms with Crippen LogP contribution in [0.5, 0.6) is 0 Å². The number of nitro groups is 1. The van der Waals surface area contributed by atoms with Crippen LogP contribution in [0.15, 0.2) is 22.7 Å². The van der Waals surface area contributed by atoms with Crippen LogP contribution in [0.2, 0.25) is 0 Å². The summed E-state index contributed by atoms with van der Waals surface area (Å²) in [6, 6.07) is 5.10. The molecule has 0 saturated heterocycles. The maximum Gasteiger partial charge on any atom is 0.283 e. The fourth-order valence-corrected chi connectivity index (χ4v) is 2.90. The second kappa shape index (κ2) is 6.88. The molecule has 0 saturated carbocycles. The van der Waals surface area contributed by atoms with Gasteiger partial charge in [-0.1, -0.05) is 12.1 Å². The van der Waals surface area contributed by atoms with E-state index in [1.54, 1.807) is 17.8 Å². The molecule has 0 aliphatic carbocycles. The van der Waals surface area contributed by atoms with E-state index in [4.69, 9.17) is 5.73 Å². The molecule has 6 heteroatoms. The third-order valence-electron chi connectivity index (χ3n) is 2.01. The number of halogens is 1. The Labute approximate surface area is 107 Å². The molecule has 0 aliphatic rings. The van der Waals surface area contributed by atoms with E-state index in [2.05, 4.69) is 15.9 Å². The van der Waals surface area contributed by atoms with Crippen molar-refractivity contribution in [2.45, 2.75) is 12.2 Å². The standard InChI is InChI=1S/C10H13BrN2O2S/c11-10-8(7-16-6-2-5-12)3-1-4-9(10)13(14)15/h1,3-4H,2,5-7,12H2. The fraction of sp³-hybridized carbons (Fsp3) is 0.400. The van der Waals surface area contributed by atoms with Crippen molar-refractivity contribution < 1.29 is 4.92 Å². The smallest absolute Gasteiger partial charge is 0.283 e. The van der Waals surface area contributed by atoms with Crippen molar-refractivity contribution in [2.24, 2.45) is 5.73 Å². The largest absolute Gasteiger partial charge is 0.330 e. The summed E-state index contributed by atoms with van der Waals surface area (Å²) in [6.07, 6.45) is 0.969. The molecule has 0 spiro atoms. The summed E-state index contributed by atoms with van der Waals surface area (Å²) in [5, 5.41) is 10.7. The van der Waals surface area contributed by atoms with Gasteiger partial charge in [-0.15, -0.1) is 0 Å². The van der Waals surface area contributed by atoms with E-state index in [-0.39, 0.29) is 10.6 Å². The van der Waals surface area contributed by atoms with Crippen LogP contribution in [0, 0.1) is 10.1 Å². The van der Waals surface area contributed by atoms with Crippen molar-refractivity contribution in [1.29, 1.82) is 0 Å². The van der Waals surface area contributed by atoms with Crippen molar-refractivity contribution >= 4 is 33.4 Å². The topological polar surface area (TPSA) is 69.2 Å². The molecule has 0 bridgehead atoms. The zero-order valence-electron chi connectivity index (χ0n) is 8.69. The molecule has 4 nitrogen and oxygen atoms in total. The van der Waals surface area contributed by atoms with E-state index in [1.165, 1.54) is 6.07 Å². The van der Waals surface area contributed by atoms with Gasteiger partial charge in [0.1, 0.15) is 0 Å². The predicted octanol–water partition coefficient (Wildman–Crippen LogP) is 2.94. The van der Waals surface area contributed by atoms with Crippen LogP contribution < -0.4 is 5.73 Å². The molecule has 16 heavy (non-hydrogen) atoms. The van der Waals surface area contributed by atoms with Crippen molar-refractivity contribution in [2.75, 3.05) is 12.3 Å². The highest BCUT2D eigenvalue weighted by Gasteiger charge is 2.14. The lowest BCUT2D eigenvalue weighted by Crippen LogP contribution is -1.99. The van der Waals surface area contributed by atoms with Crippen LogP contribution >= 0.6 is 27.7 Å². The molecule has 0 heterocycles. The van der Waals surface area contributed by atoms with Crippen molar-refractivity contribution in [3.05, 3.63) is 38.3 Å². The molecular formula is C10H13BrN2O2S. The first-order valence-electron chi connectivity index (χ1n) is 4.86. The first kappa shape index (κ1) is 13.5. The van der Waals surface area contributed by atoms with Gasteiger partial charge in [0.2, 0.25) is 0 Å². The quantitative estimate of drug-likeness (QED) is 0.498. The van der Waals surface area contributed by atoms with Gasteiger partial charge < -0.3 is 5.73 Å². The third kappa shape index (κ3) is 3.77. The molecule has 2 N–H and O–H groups in total. The van der Waals surface area contributed by atoms with Crippen molar-refractivity contribution in [3.63, 3.8) is 0 Å². The number of benzene rings is 1. The van der Waals surface area contributed by atoms with E-state index in [1.807, 2.05) is 6.07 Å². The van der Waals surface area contributed by atoms with E-state index in [0.717, 1.165) is 23.5 Å². The fourth-order valence-electron chi connectivity index (χ4n) is 1.19. The van der Waals surface area contributed by atoms with E-state index in [0.29, 0.717) is 11.0 Å². The second-order valence-electron chi connectivity index (χ2n) is 3.20. The molecule has 1 aromatic carbocycles. The van der Waals surface area contributed by atoms with Crippen LogP contribution in [0.1, 0.15) is 12.0 Å². The number of nitrogens with two attached hydrogens (primary N) is 1. The van der Waals surface area contributed by atoms with Crippen LogP contribution in [-0.4, -0.2) is 17.2 Å². The lowest BCUT2D eigenvalue weighted by molar-refractivity contribution is -0.385. The third-order valence-corrected chi connectivity index (χ3v) is 4.01. The summed E-state index contributed by atoms with van der Waals surface area (Å²) in [6.45, 7) is 0.684. The number of nitrogens with zero attached hydrogens (tertiary/aromatic N) is 1. The maximum atomic E-state index is 10.7. The molecule has 0 atom stereocenters. The molecule has 0 unspecified atom stereocenters. The zero-order chi connectivity index (χ0) is 12.0. The van der Waals surface area contributed by atoms with Gasteiger partial charge in [-0.05, 0) is 40.2 Å². The summed E-state index contributed by atoms with van der Waals surface area (Å²) in [4.78, 5) is 10.3. The monoisotopic (exact) mass is 304 g/mol. The van der Waals surface area contributed by atoms with Gasteiger partial charge in [-0.3, -0.25) is 10.1 Å². The Morgan fingerprint density at radius 3 is 2.88 bits per heavy atom. The SMILES string of the molecule is NCCCSCc1cccc([N+](=O)[O-])c1Br. The number of hydrogen-bond acceptors (Lipinski definition) is 4. The highest BCUT2D eigenvalue weighted by atomic mass is 79.9. The molecule has 1 aromatic rings. The number of nitro benzene ring substituents is 1. The summed E-state index contributed by atoms with van der Waals surface area (Å²) >= 11 is 5.00. The minimum absolute atomic E-state index is 0.122. The summed E-state index contributed by atoms with van der Waals surface area (Å²) < 4.78 is 0.584. The summed E-state index contributed by atoms with van der Waals surface area (Å²) in [7, 11) is 0. The lowest BCUT2D eigenvalue weighted by atomic mass is 10.2. The molecular weight excluding hydrogens is 292 g/mol. The summed E-state index contributed by atoms with van der Waals surface area (Å²) in [5.41, 5.74) is 6.47. The highest BCUT2D eigenvalue weighted by Crippen LogP contribution is 2.30. The highest BCUT2D eigenvalue weighted by molar-refractivity contribution is 9.10. The van der Waals surface area contributed by atoms with E-state index < -0.39 is 0 Å². The summed E-state index contributed by atoms with van der Waals surface area (Å²) in [5.74, 6) is 1.74. The van der Waals surface area contributed by atoms with Gasteiger partial charge in [0.25, 0.3) is 5.69 Å². The Morgan fingerprint density at radius 2 is 2.25 bits per heavy atom. The van der Waals surface area contributed by atoms with Crippen molar-refractivity contribution in [1.82, 2.24) is 0 Å². The Balaban J connectivity index is 2.66. The van der Waals surface area contributed by atoms with Gasteiger partial charge in [0, 0.05) is 11.8 Å². The van der Waals surface area contributed by atoms with Crippen LogP contribution in [0.4, 0.5) is 5.69 Å².